The number of sulfone groups is 1. The lowest BCUT2D eigenvalue weighted by Crippen LogP contribution is -2.34. The highest BCUT2D eigenvalue weighted by Crippen LogP contribution is 2.12. The third-order valence-corrected chi connectivity index (χ3v) is 5.66. The summed E-state index contributed by atoms with van der Waals surface area (Å²) in [5, 5.41) is 6.01. The summed E-state index contributed by atoms with van der Waals surface area (Å²) in [6.07, 6.45) is 1.74. The highest BCUT2D eigenvalue weighted by Gasteiger charge is 2.27. The van der Waals surface area contributed by atoms with Crippen LogP contribution in [0.15, 0.2) is 24.3 Å². The van der Waals surface area contributed by atoms with Crippen molar-refractivity contribution in [2.45, 2.75) is 25.3 Å². The molecule has 6 nitrogen and oxygen atoms in total. The lowest BCUT2D eigenvalue weighted by atomic mass is 10.1. The van der Waals surface area contributed by atoms with Crippen molar-refractivity contribution in [1.29, 1.82) is 0 Å². The molecule has 1 aromatic carbocycles. The first kappa shape index (κ1) is 17.7. The van der Waals surface area contributed by atoms with Crippen molar-refractivity contribution in [3.63, 3.8) is 0 Å². The van der Waals surface area contributed by atoms with Crippen LogP contribution in [0.1, 0.15) is 18.4 Å². The van der Waals surface area contributed by atoms with Crippen LogP contribution in [-0.2, 0) is 21.1 Å². The van der Waals surface area contributed by atoms with Crippen molar-refractivity contribution in [3.05, 3.63) is 29.8 Å². The van der Waals surface area contributed by atoms with Gasteiger partial charge in [0.25, 0.3) is 0 Å². The summed E-state index contributed by atoms with van der Waals surface area (Å²) >= 11 is 0. The van der Waals surface area contributed by atoms with Gasteiger partial charge in [-0.1, -0.05) is 12.1 Å². The Balaban J connectivity index is 1.60. The maximum atomic E-state index is 11.8. The second-order valence-corrected chi connectivity index (χ2v) is 7.98. The van der Waals surface area contributed by atoms with E-state index in [1.807, 2.05) is 24.3 Å². The summed E-state index contributed by atoms with van der Waals surface area (Å²) in [6.45, 7) is 1.08. The van der Waals surface area contributed by atoms with Gasteiger partial charge in [0.1, 0.15) is 5.75 Å². The molecule has 128 valence electrons. The molecule has 0 aromatic heterocycles. The van der Waals surface area contributed by atoms with Crippen LogP contribution in [0.4, 0.5) is 0 Å². The maximum Gasteiger partial charge on any atom is 0.221 e. The molecule has 0 saturated carbocycles. The van der Waals surface area contributed by atoms with Crippen molar-refractivity contribution in [2.75, 3.05) is 31.7 Å². The Bertz CT molecular complexity index is 631. The number of nitrogens with one attached hydrogen (secondary N) is 2. The molecule has 1 aliphatic rings. The first-order valence-electron chi connectivity index (χ1n) is 7.82. The molecule has 0 radical (unpaired) electrons. The van der Waals surface area contributed by atoms with Crippen LogP contribution in [0.2, 0.25) is 0 Å². The summed E-state index contributed by atoms with van der Waals surface area (Å²) < 4.78 is 27.8. The maximum absolute atomic E-state index is 11.8. The fourth-order valence-electron chi connectivity index (χ4n) is 2.61. The number of hydrogen-bond acceptors (Lipinski definition) is 5. The quantitative estimate of drug-likeness (QED) is 0.721. The molecule has 1 aliphatic heterocycles. The Morgan fingerprint density at radius 2 is 2.17 bits per heavy atom. The van der Waals surface area contributed by atoms with Gasteiger partial charge in [-0.3, -0.25) is 4.79 Å². The van der Waals surface area contributed by atoms with E-state index in [0.717, 1.165) is 17.7 Å². The summed E-state index contributed by atoms with van der Waals surface area (Å²) in [5.74, 6) is 1.22. The number of hydrogen-bond donors (Lipinski definition) is 2. The minimum absolute atomic E-state index is 0.00964. The highest BCUT2D eigenvalue weighted by molar-refractivity contribution is 7.91. The van der Waals surface area contributed by atoms with Crippen molar-refractivity contribution >= 4 is 15.7 Å². The van der Waals surface area contributed by atoms with E-state index < -0.39 is 9.84 Å². The van der Waals surface area contributed by atoms with Crippen molar-refractivity contribution in [1.82, 2.24) is 10.6 Å². The van der Waals surface area contributed by atoms with Gasteiger partial charge in [-0.25, -0.2) is 8.42 Å². The molecule has 0 bridgehead atoms. The first-order valence-corrected chi connectivity index (χ1v) is 9.64. The number of ether oxygens (including phenoxy) is 1. The van der Waals surface area contributed by atoms with Crippen LogP contribution in [0.5, 0.6) is 5.75 Å². The molecule has 2 N–H and O–H groups in total. The molecule has 1 amide bonds. The number of benzene rings is 1. The molecule has 1 atom stereocenters. The lowest BCUT2D eigenvalue weighted by Gasteiger charge is -2.10. The van der Waals surface area contributed by atoms with E-state index in [-0.39, 0.29) is 23.5 Å². The molecule has 1 saturated heterocycles. The predicted molar refractivity (Wildman–Crippen MR) is 89.4 cm³/mol. The van der Waals surface area contributed by atoms with Gasteiger partial charge >= 0.3 is 0 Å². The molecule has 1 unspecified atom stereocenters. The molecule has 0 spiro atoms. The van der Waals surface area contributed by atoms with E-state index >= 15 is 0 Å². The van der Waals surface area contributed by atoms with Gasteiger partial charge in [-0.2, -0.15) is 0 Å². The van der Waals surface area contributed by atoms with Gasteiger partial charge in [0.05, 0.1) is 18.6 Å². The molecule has 23 heavy (non-hydrogen) atoms. The van der Waals surface area contributed by atoms with Gasteiger partial charge in [0.15, 0.2) is 9.84 Å². The van der Waals surface area contributed by atoms with Gasteiger partial charge in [-0.15, -0.1) is 0 Å². The second kappa shape index (κ2) is 8.31. The van der Waals surface area contributed by atoms with E-state index in [1.165, 1.54) is 0 Å². The van der Waals surface area contributed by atoms with Crippen molar-refractivity contribution < 1.29 is 17.9 Å². The number of carbonyl (C=O) groups excluding carboxylic acids is 1. The number of rotatable bonds is 8. The number of amides is 1. The van der Waals surface area contributed by atoms with Crippen LogP contribution in [0.3, 0.4) is 0 Å². The van der Waals surface area contributed by atoms with E-state index in [9.17, 15) is 13.2 Å². The van der Waals surface area contributed by atoms with Gasteiger partial charge < -0.3 is 15.4 Å². The molecule has 0 aliphatic carbocycles. The second-order valence-electron chi connectivity index (χ2n) is 5.76. The average molecular weight is 340 g/mol. The molecule has 1 fully saturated rings. The molecular weight excluding hydrogens is 316 g/mol. The van der Waals surface area contributed by atoms with E-state index in [2.05, 4.69) is 10.6 Å². The van der Waals surface area contributed by atoms with Crippen molar-refractivity contribution in [2.24, 2.45) is 0 Å². The Kier molecular flexibility index (Phi) is 6.41. The van der Waals surface area contributed by atoms with Crippen LogP contribution < -0.4 is 15.4 Å². The fourth-order valence-corrected chi connectivity index (χ4v) is 4.32. The minimum Gasteiger partial charge on any atom is -0.497 e. The van der Waals surface area contributed by atoms with Crippen LogP contribution >= 0.6 is 0 Å². The first-order chi connectivity index (χ1) is 11.0. The monoisotopic (exact) mass is 340 g/mol. The number of carbonyl (C=O) groups is 1. The van der Waals surface area contributed by atoms with Crippen molar-refractivity contribution in [3.8, 4) is 5.75 Å². The molecular formula is C16H24N2O4S. The molecule has 1 heterocycles. The van der Waals surface area contributed by atoms with Crippen LogP contribution in [-0.4, -0.2) is 52.1 Å². The van der Waals surface area contributed by atoms with Gasteiger partial charge in [0.2, 0.25) is 5.91 Å². The zero-order valence-corrected chi connectivity index (χ0v) is 14.2. The highest BCUT2D eigenvalue weighted by atomic mass is 32.2. The number of methoxy groups -OCH3 is 1. The normalized spacial score (nSPS) is 19.4. The summed E-state index contributed by atoms with van der Waals surface area (Å²) in [4.78, 5) is 11.8. The zero-order valence-electron chi connectivity index (χ0n) is 13.4. The Labute approximate surface area is 137 Å². The van der Waals surface area contributed by atoms with Crippen LogP contribution in [0.25, 0.3) is 0 Å². The predicted octanol–water partition coefficient (Wildman–Crippen LogP) is 0.521. The lowest BCUT2D eigenvalue weighted by molar-refractivity contribution is -0.120. The Hall–Kier alpha value is -1.60. The Morgan fingerprint density at radius 3 is 2.87 bits per heavy atom. The Morgan fingerprint density at radius 1 is 1.35 bits per heavy atom. The summed E-state index contributed by atoms with van der Waals surface area (Å²) in [6, 6.07) is 7.75. The minimum atomic E-state index is -2.87. The van der Waals surface area contributed by atoms with Gasteiger partial charge in [-0.05, 0) is 30.5 Å². The molecule has 2 rings (SSSR count). The van der Waals surface area contributed by atoms with E-state index in [4.69, 9.17) is 4.74 Å². The van der Waals surface area contributed by atoms with Gasteiger partial charge in [0, 0.05) is 25.6 Å². The molecule has 7 heteroatoms. The van der Waals surface area contributed by atoms with E-state index in [1.54, 1.807) is 7.11 Å². The average Bonchev–Trinajstić information content (AvgIpc) is 2.86. The van der Waals surface area contributed by atoms with E-state index in [0.29, 0.717) is 25.9 Å². The topological polar surface area (TPSA) is 84.5 Å². The standard InChI is InChI=1S/C16H24N2O4S/c1-22-15-4-2-3-13(11-15)5-8-18-16(19)6-9-17-14-7-10-23(20,21)12-14/h2-4,11,14,17H,5-10,12H2,1H3,(H,18,19). The third kappa shape index (κ3) is 6.19. The fraction of sp³-hybridized carbons (Fsp3) is 0.562. The smallest absolute Gasteiger partial charge is 0.221 e. The SMILES string of the molecule is COc1cccc(CCNC(=O)CCNC2CCS(=O)(=O)C2)c1. The zero-order chi connectivity index (χ0) is 16.7. The third-order valence-electron chi connectivity index (χ3n) is 3.89. The molecule has 1 aromatic rings. The summed E-state index contributed by atoms with van der Waals surface area (Å²) in [5.41, 5.74) is 1.11. The summed E-state index contributed by atoms with van der Waals surface area (Å²) in [7, 11) is -1.24. The largest absolute Gasteiger partial charge is 0.497 e. The van der Waals surface area contributed by atoms with Crippen LogP contribution in [0, 0.1) is 0 Å².